The standard InChI is InChI=1S/C11H17NO/c1-7-6-11(3,4)9(8(2)12)5-10(7)13/h5,8H,1,6,12H2,2-4H3. The molecule has 1 aliphatic rings. The predicted octanol–water partition coefficient (Wildman–Crippen LogP) is 1.82. The number of nitrogens with two attached hydrogens (primary N) is 1. The predicted molar refractivity (Wildman–Crippen MR) is 54.3 cm³/mol. The first-order chi connectivity index (χ1) is 5.84. The van der Waals surface area contributed by atoms with E-state index in [1.54, 1.807) is 6.08 Å². The Labute approximate surface area is 79.5 Å². The third kappa shape index (κ3) is 1.89. The fourth-order valence-electron chi connectivity index (χ4n) is 1.91. The van der Waals surface area contributed by atoms with Gasteiger partial charge in [-0.05, 0) is 36.0 Å². The lowest BCUT2D eigenvalue weighted by atomic mass is 9.71. The van der Waals surface area contributed by atoms with Gasteiger partial charge in [-0.15, -0.1) is 0 Å². The van der Waals surface area contributed by atoms with Gasteiger partial charge in [0, 0.05) is 6.04 Å². The van der Waals surface area contributed by atoms with Gasteiger partial charge in [0.05, 0.1) is 0 Å². The van der Waals surface area contributed by atoms with Crippen LogP contribution in [0.2, 0.25) is 0 Å². The number of carbonyl (C=O) groups is 1. The van der Waals surface area contributed by atoms with Crippen molar-refractivity contribution in [3.05, 3.63) is 23.8 Å². The van der Waals surface area contributed by atoms with Crippen LogP contribution in [0.5, 0.6) is 0 Å². The van der Waals surface area contributed by atoms with Gasteiger partial charge in [0.2, 0.25) is 0 Å². The summed E-state index contributed by atoms with van der Waals surface area (Å²) in [6, 6.07) is -0.0490. The lowest BCUT2D eigenvalue weighted by molar-refractivity contribution is -0.112. The Kier molecular flexibility index (Phi) is 2.44. The maximum absolute atomic E-state index is 11.4. The molecule has 1 aliphatic carbocycles. The molecule has 13 heavy (non-hydrogen) atoms. The van der Waals surface area contributed by atoms with E-state index in [1.165, 1.54) is 0 Å². The van der Waals surface area contributed by atoms with Crippen molar-refractivity contribution in [1.82, 2.24) is 0 Å². The fraction of sp³-hybridized carbons (Fsp3) is 0.545. The molecule has 0 aliphatic heterocycles. The molecule has 0 spiro atoms. The van der Waals surface area contributed by atoms with Crippen LogP contribution in [0.15, 0.2) is 23.8 Å². The zero-order chi connectivity index (χ0) is 10.2. The molecule has 72 valence electrons. The van der Waals surface area contributed by atoms with E-state index in [0.29, 0.717) is 5.57 Å². The molecule has 0 saturated heterocycles. The molecule has 1 atom stereocenters. The molecule has 0 heterocycles. The van der Waals surface area contributed by atoms with Gasteiger partial charge in [-0.1, -0.05) is 20.4 Å². The molecule has 0 saturated carbocycles. The van der Waals surface area contributed by atoms with E-state index in [4.69, 9.17) is 5.73 Å². The van der Waals surface area contributed by atoms with Crippen molar-refractivity contribution < 1.29 is 4.79 Å². The zero-order valence-corrected chi connectivity index (χ0v) is 8.55. The Morgan fingerprint density at radius 2 is 2.15 bits per heavy atom. The van der Waals surface area contributed by atoms with Gasteiger partial charge in [-0.25, -0.2) is 0 Å². The molecule has 0 aromatic heterocycles. The molecule has 0 radical (unpaired) electrons. The van der Waals surface area contributed by atoms with E-state index in [-0.39, 0.29) is 17.2 Å². The van der Waals surface area contributed by atoms with Crippen LogP contribution < -0.4 is 5.73 Å². The summed E-state index contributed by atoms with van der Waals surface area (Å²) in [5.41, 5.74) is 7.51. The first kappa shape index (κ1) is 10.2. The quantitative estimate of drug-likeness (QED) is 0.624. The smallest absolute Gasteiger partial charge is 0.181 e. The van der Waals surface area contributed by atoms with Crippen molar-refractivity contribution in [2.45, 2.75) is 33.2 Å². The second kappa shape index (κ2) is 3.11. The van der Waals surface area contributed by atoms with Crippen molar-refractivity contribution >= 4 is 5.78 Å². The van der Waals surface area contributed by atoms with E-state index in [2.05, 4.69) is 20.4 Å². The fourth-order valence-corrected chi connectivity index (χ4v) is 1.91. The van der Waals surface area contributed by atoms with E-state index < -0.39 is 0 Å². The molecular weight excluding hydrogens is 162 g/mol. The molecule has 0 aromatic rings. The third-order valence-corrected chi connectivity index (χ3v) is 2.56. The lowest BCUT2D eigenvalue weighted by Crippen LogP contribution is -2.33. The van der Waals surface area contributed by atoms with Crippen LogP contribution in [-0.2, 0) is 4.79 Å². The molecule has 0 fully saturated rings. The second-order valence-corrected chi connectivity index (χ2v) is 4.42. The van der Waals surface area contributed by atoms with Crippen molar-refractivity contribution in [2.75, 3.05) is 0 Å². The Morgan fingerprint density at radius 3 is 2.62 bits per heavy atom. The molecular formula is C11H17NO. The maximum atomic E-state index is 11.4. The SMILES string of the molecule is C=C1CC(C)(C)C(C(C)N)=CC1=O. The van der Waals surface area contributed by atoms with Crippen molar-refractivity contribution in [2.24, 2.45) is 11.1 Å². The Hall–Kier alpha value is -0.890. The summed E-state index contributed by atoms with van der Waals surface area (Å²) in [6.45, 7) is 9.86. The molecule has 0 bridgehead atoms. The maximum Gasteiger partial charge on any atom is 0.181 e. The second-order valence-electron chi connectivity index (χ2n) is 4.42. The Morgan fingerprint density at radius 1 is 1.62 bits per heavy atom. The van der Waals surface area contributed by atoms with Crippen molar-refractivity contribution in [3.8, 4) is 0 Å². The number of carbonyl (C=O) groups excluding carboxylic acids is 1. The molecule has 1 unspecified atom stereocenters. The van der Waals surface area contributed by atoms with Crippen LogP contribution in [0.25, 0.3) is 0 Å². The molecule has 2 heteroatoms. The monoisotopic (exact) mass is 179 g/mol. The van der Waals surface area contributed by atoms with Gasteiger partial charge in [-0.3, -0.25) is 4.79 Å². The first-order valence-electron chi connectivity index (χ1n) is 4.54. The summed E-state index contributed by atoms with van der Waals surface area (Å²) < 4.78 is 0. The minimum atomic E-state index is -0.0490. The van der Waals surface area contributed by atoms with Crippen LogP contribution in [0.1, 0.15) is 27.2 Å². The third-order valence-electron chi connectivity index (χ3n) is 2.56. The number of hydrogen-bond donors (Lipinski definition) is 1. The zero-order valence-electron chi connectivity index (χ0n) is 8.55. The highest BCUT2D eigenvalue weighted by atomic mass is 16.1. The lowest BCUT2D eigenvalue weighted by Gasteiger charge is -2.34. The summed E-state index contributed by atoms with van der Waals surface area (Å²) >= 11 is 0. The van der Waals surface area contributed by atoms with Gasteiger partial charge in [-0.2, -0.15) is 0 Å². The number of ketones is 1. The van der Waals surface area contributed by atoms with E-state index in [9.17, 15) is 4.79 Å². The Bertz CT molecular complexity index is 284. The largest absolute Gasteiger partial charge is 0.324 e. The van der Waals surface area contributed by atoms with Crippen LogP contribution in [-0.4, -0.2) is 11.8 Å². The van der Waals surface area contributed by atoms with Crippen LogP contribution in [0.4, 0.5) is 0 Å². The average molecular weight is 179 g/mol. The normalized spacial score (nSPS) is 24.2. The number of rotatable bonds is 1. The first-order valence-corrected chi connectivity index (χ1v) is 4.54. The Balaban J connectivity index is 3.10. The summed E-state index contributed by atoms with van der Waals surface area (Å²) in [5.74, 6) is 0.0339. The number of hydrogen-bond acceptors (Lipinski definition) is 2. The van der Waals surface area contributed by atoms with Crippen LogP contribution in [0.3, 0.4) is 0 Å². The van der Waals surface area contributed by atoms with E-state index >= 15 is 0 Å². The average Bonchev–Trinajstić information content (AvgIpc) is 1.95. The van der Waals surface area contributed by atoms with Crippen molar-refractivity contribution in [3.63, 3.8) is 0 Å². The molecule has 2 nitrogen and oxygen atoms in total. The van der Waals surface area contributed by atoms with Crippen molar-refractivity contribution in [1.29, 1.82) is 0 Å². The van der Waals surface area contributed by atoms with Gasteiger partial charge in [0.1, 0.15) is 0 Å². The summed E-state index contributed by atoms with van der Waals surface area (Å²) in [6.07, 6.45) is 2.37. The van der Waals surface area contributed by atoms with E-state index in [0.717, 1.165) is 12.0 Å². The highest BCUT2D eigenvalue weighted by Crippen LogP contribution is 2.38. The minimum absolute atomic E-state index is 0.0147. The molecule has 0 aromatic carbocycles. The van der Waals surface area contributed by atoms with Crippen LogP contribution >= 0.6 is 0 Å². The van der Waals surface area contributed by atoms with Gasteiger partial charge in [0.15, 0.2) is 5.78 Å². The van der Waals surface area contributed by atoms with E-state index in [1.807, 2.05) is 6.92 Å². The van der Waals surface area contributed by atoms with Gasteiger partial charge >= 0.3 is 0 Å². The summed E-state index contributed by atoms with van der Waals surface area (Å²) in [4.78, 5) is 11.4. The van der Waals surface area contributed by atoms with Gasteiger partial charge < -0.3 is 5.73 Å². The summed E-state index contributed by atoms with van der Waals surface area (Å²) in [5, 5.41) is 0. The highest BCUT2D eigenvalue weighted by Gasteiger charge is 2.32. The topological polar surface area (TPSA) is 43.1 Å². The highest BCUT2D eigenvalue weighted by molar-refractivity contribution is 6.05. The molecule has 2 N–H and O–H groups in total. The number of allylic oxidation sites excluding steroid dienone is 2. The molecule has 0 amide bonds. The van der Waals surface area contributed by atoms with Gasteiger partial charge in [0.25, 0.3) is 0 Å². The minimum Gasteiger partial charge on any atom is -0.324 e. The molecule has 1 rings (SSSR count). The summed E-state index contributed by atoms with van der Waals surface area (Å²) in [7, 11) is 0. The van der Waals surface area contributed by atoms with Crippen LogP contribution in [0, 0.1) is 5.41 Å².